The molecule has 4 saturated carbocycles. The molecule has 4 fully saturated rings. The average Bonchev–Trinajstić information content (AvgIpc) is 3.14. The van der Waals surface area contributed by atoms with Crippen LogP contribution in [0.25, 0.3) is 0 Å². The first kappa shape index (κ1) is 34.5. The SMILES string of the molecule is CC(C)CCC[C@@H](C)[C@H]1CCC2C3C[C@H](OS(=O)(=O)O)[C@H]4C[C@H](OS(=O)(=O)O)[C@@H](OS(=O)(=O)O)C[C@]4(C)C3CC[C@@]21C. The number of rotatable bonds is 11. The van der Waals surface area contributed by atoms with Gasteiger partial charge in [-0.1, -0.05) is 53.9 Å². The van der Waals surface area contributed by atoms with Crippen LogP contribution in [-0.4, -0.2) is 57.2 Å². The third-order valence-corrected chi connectivity index (χ3v) is 13.0. The molecule has 0 aromatic rings. The van der Waals surface area contributed by atoms with E-state index in [0.717, 1.165) is 32.1 Å². The summed E-state index contributed by atoms with van der Waals surface area (Å²) in [5.41, 5.74) is -0.783. The lowest BCUT2D eigenvalue weighted by Crippen LogP contribution is -2.62. The van der Waals surface area contributed by atoms with Crippen molar-refractivity contribution < 1.29 is 51.5 Å². The Hall–Kier alpha value is -0.390. The molecule has 3 N–H and O–H groups in total. The van der Waals surface area contributed by atoms with Crippen molar-refractivity contribution in [1.82, 2.24) is 0 Å². The lowest BCUT2D eigenvalue weighted by atomic mass is 9.43. The van der Waals surface area contributed by atoms with Crippen LogP contribution in [0.15, 0.2) is 0 Å². The van der Waals surface area contributed by atoms with Crippen LogP contribution >= 0.6 is 0 Å². The summed E-state index contributed by atoms with van der Waals surface area (Å²) < 4.78 is 114. The third-order valence-electron chi connectivity index (χ3n) is 11.6. The van der Waals surface area contributed by atoms with Crippen molar-refractivity contribution in [2.45, 2.75) is 117 Å². The standard InChI is InChI=1S/C27H48O12S3/c1-16(2)7-6-8-17(3)19-9-10-20-18-13-23(37-40(28,29)30)22-14-24(38-41(31,32)33)25(39-42(34,35)36)15-27(22,5)21(18)11-12-26(19,20)4/h16-25H,6-15H2,1-5H3,(H,28,29,30)(H,31,32,33)(H,34,35,36)/t17-,18?,19-,20?,21?,22-,23+,24+,25+,26-,27-/m1/s1. The van der Waals surface area contributed by atoms with Gasteiger partial charge in [0.05, 0.1) is 6.10 Å². The molecule has 0 radical (unpaired) electrons. The minimum Gasteiger partial charge on any atom is -0.264 e. The largest absolute Gasteiger partial charge is 0.397 e. The van der Waals surface area contributed by atoms with E-state index in [1.54, 1.807) is 0 Å². The first-order valence-corrected chi connectivity index (χ1v) is 19.2. The minimum absolute atomic E-state index is 0.00370. The van der Waals surface area contributed by atoms with Gasteiger partial charge in [-0.05, 0) is 97.2 Å². The molecular weight excluding hydrogens is 612 g/mol. The Morgan fingerprint density at radius 3 is 1.81 bits per heavy atom. The van der Waals surface area contributed by atoms with E-state index >= 15 is 0 Å². The normalized spacial score (nSPS) is 41.6. The molecule has 0 aliphatic heterocycles. The summed E-state index contributed by atoms with van der Waals surface area (Å²) in [6.07, 6.45) is 3.24. The highest BCUT2D eigenvalue weighted by molar-refractivity contribution is 7.81. The van der Waals surface area contributed by atoms with Crippen LogP contribution in [-0.2, 0) is 43.7 Å². The van der Waals surface area contributed by atoms with Gasteiger partial charge in [0, 0.05) is 0 Å². The van der Waals surface area contributed by atoms with Crippen LogP contribution in [0.3, 0.4) is 0 Å². The van der Waals surface area contributed by atoms with E-state index in [9.17, 15) is 38.9 Å². The summed E-state index contributed by atoms with van der Waals surface area (Å²) in [7, 11) is -15.0. The topological polar surface area (TPSA) is 191 Å². The van der Waals surface area contributed by atoms with Gasteiger partial charge in [0.15, 0.2) is 0 Å². The fraction of sp³-hybridized carbons (Fsp3) is 1.00. The molecule has 3 unspecified atom stereocenters. The summed E-state index contributed by atoms with van der Waals surface area (Å²) in [6, 6.07) is 0. The van der Waals surface area contributed by atoms with Gasteiger partial charge in [-0.25, -0.2) is 12.5 Å². The Morgan fingerprint density at radius 1 is 0.690 bits per heavy atom. The van der Waals surface area contributed by atoms with Gasteiger partial charge in [0.1, 0.15) is 12.2 Å². The van der Waals surface area contributed by atoms with Crippen LogP contribution in [0.2, 0.25) is 0 Å². The van der Waals surface area contributed by atoms with Crippen molar-refractivity contribution in [3.8, 4) is 0 Å². The van der Waals surface area contributed by atoms with Crippen LogP contribution in [0, 0.1) is 52.3 Å². The van der Waals surface area contributed by atoms with Crippen LogP contribution in [0.1, 0.15) is 98.8 Å². The van der Waals surface area contributed by atoms with Crippen molar-refractivity contribution >= 4 is 31.2 Å². The maximum Gasteiger partial charge on any atom is 0.397 e. The first-order valence-electron chi connectivity index (χ1n) is 15.1. The summed E-state index contributed by atoms with van der Waals surface area (Å²) in [5, 5.41) is 0. The number of fused-ring (bicyclic) bond motifs is 5. The van der Waals surface area contributed by atoms with E-state index in [1.807, 2.05) is 6.92 Å². The highest BCUT2D eigenvalue weighted by Gasteiger charge is 2.65. The molecule has 0 amide bonds. The molecule has 11 atom stereocenters. The fourth-order valence-corrected chi connectivity index (χ4v) is 11.6. The van der Waals surface area contributed by atoms with E-state index < -0.39 is 60.8 Å². The zero-order valence-electron chi connectivity index (χ0n) is 25.1. The maximum absolute atomic E-state index is 12.0. The predicted octanol–water partition coefficient (Wildman–Crippen LogP) is 4.89. The van der Waals surface area contributed by atoms with E-state index in [1.165, 1.54) is 12.8 Å². The molecule has 42 heavy (non-hydrogen) atoms. The molecule has 4 aliphatic rings. The van der Waals surface area contributed by atoms with Crippen molar-refractivity contribution in [2.24, 2.45) is 52.3 Å². The van der Waals surface area contributed by atoms with Gasteiger partial charge in [0.2, 0.25) is 0 Å². The molecule has 0 spiro atoms. The molecule has 0 saturated heterocycles. The molecular formula is C27H48O12S3. The van der Waals surface area contributed by atoms with Crippen molar-refractivity contribution in [1.29, 1.82) is 0 Å². The summed E-state index contributed by atoms with van der Waals surface area (Å²) >= 11 is 0. The van der Waals surface area contributed by atoms with Gasteiger partial charge in [-0.15, -0.1) is 0 Å². The van der Waals surface area contributed by atoms with E-state index in [4.69, 9.17) is 12.5 Å². The lowest BCUT2D eigenvalue weighted by molar-refractivity contribution is -0.184. The van der Waals surface area contributed by atoms with Crippen molar-refractivity contribution in [3.63, 3.8) is 0 Å². The Labute approximate surface area is 251 Å². The smallest absolute Gasteiger partial charge is 0.264 e. The molecule has 15 heteroatoms. The number of hydrogen-bond acceptors (Lipinski definition) is 9. The molecule has 4 aliphatic carbocycles. The highest BCUT2D eigenvalue weighted by Crippen LogP contribution is 2.69. The second kappa shape index (κ2) is 12.1. The first-order chi connectivity index (χ1) is 19.1. The van der Waals surface area contributed by atoms with Crippen molar-refractivity contribution in [3.05, 3.63) is 0 Å². The van der Waals surface area contributed by atoms with Crippen LogP contribution in [0.4, 0.5) is 0 Å². The van der Waals surface area contributed by atoms with Crippen molar-refractivity contribution in [2.75, 3.05) is 0 Å². The average molecular weight is 661 g/mol. The van der Waals surface area contributed by atoms with E-state index in [-0.39, 0.29) is 36.0 Å². The third kappa shape index (κ3) is 7.52. The Kier molecular flexibility index (Phi) is 9.92. The molecule has 246 valence electrons. The molecule has 0 heterocycles. The van der Waals surface area contributed by atoms with Crippen LogP contribution < -0.4 is 0 Å². The Morgan fingerprint density at radius 2 is 1.24 bits per heavy atom. The zero-order chi connectivity index (χ0) is 31.5. The zero-order valence-corrected chi connectivity index (χ0v) is 27.5. The van der Waals surface area contributed by atoms with Gasteiger partial charge >= 0.3 is 31.2 Å². The summed E-state index contributed by atoms with van der Waals surface area (Å²) in [6.45, 7) is 11.0. The molecule has 0 aromatic carbocycles. The van der Waals surface area contributed by atoms with E-state index in [2.05, 4.69) is 27.7 Å². The predicted molar refractivity (Wildman–Crippen MR) is 153 cm³/mol. The monoisotopic (exact) mass is 660 g/mol. The van der Waals surface area contributed by atoms with Gasteiger partial charge in [-0.2, -0.15) is 25.3 Å². The van der Waals surface area contributed by atoms with E-state index in [0.29, 0.717) is 24.2 Å². The molecule has 12 nitrogen and oxygen atoms in total. The molecule has 0 aromatic heterocycles. The number of hydrogen-bond donors (Lipinski definition) is 3. The second-order valence-electron chi connectivity index (χ2n) is 14.4. The van der Waals surface area contributed by atoms with Gasteiger partial charge < -0.3 is 0 Å². The lowest BCUT2D eigenvalue weighted by Gasteiger charge is -2.63. The highest BCUT2D eigenvalue weighted by atomic mass is 32.3. The van der Waals surface area contributed by atoms with Crippen LogP contribution in [0.5, 0.6) is 0 Å². The fourth-order valence-electron chi connectivity index (χ4n) is 10.1. The minimum atomic E-state index is -5.06. The quantitative estimate of drug-likeness (QED) is 0.255. The van der Waals surface area contributed by atoms with Gasteiger partial charge in [-0.3, -0.25) is 13.7 Å². The Bertz CT molecular complexity index is 1300. The summed E-state index contributed by atoms with van der Waals surface area (Å²) in [4.78, 5) is 0. The molecule has 0 bridgehead atoms. The second-order valence-corrected chi connectivity index (χ2v) is 17.5. The molecule has 4 rings (SSSR count). The summed E-state index contributed by atoms with van der Waals surface area (Å²) in [5.74, 6) is 1.29. The maximum atomic E-state index is 12.0. The Balaban J connectivity index is 1.67. The van der Waals surface area contributed by atoms with Gasteiger partial charge in [0.25, 0.3) is 0 Å².